The van der Waals surface area contributed by atoms with E-state index in [0.717, 1.165) is 30.4 Å². The SMILES string of the molecule is C=C1[C@H](C(=O)/C=C(\C)CCCO[Si](c2ccccc2)(c2ccccc2)C(C)(C)C)[C@@H](O[Si](C(C)C)(C(C)C)C(C)C)C[C@@H](C)[C@]1(C)CO[Si](C)(C)C(C)(C)C. The molecule has 0 bridgehead atoms. The first kappa shape index (κ1) is 47.5. The molecule has 1 fully saturated rings. The van der Waals surface area contributed by atoms with Gasteiger partial charge >= 0.3 is 0 Å². The van der Waals surface area contributed by atoms with Gasteiger partial charge in [-0.1, -0.05) is 175 Å². The van der Waals surface area contributed by atoms with E-state index in [4.69, 9.17) is 19.9 Å². The number of carbonyl (C=O) groups is 1. The van der Waals surface area contributed by atoms with Gasteiger partial charge in [0.2, 0.25) is 8.32 Å². The van der Waals surface area contributed by atoms with Crippen LogP contribution < -0.4 is 10.4 Å². The summed E-state index contributed by atoms with van der Waals surface area (Å²) in [5, 5.41) is 2.60. The lowest BCUT2D eigenvalue weighted by Crippen LogP contribution is -2.66. The first-order chi connectivity index (χ1) is 25.3. The predicted molar refractivity (Wildman–Crippen MR) is 245 cm³/mol. The van der Waals surface area contributed by atoms with Crippen LogP contribution in [0, 0.1) is 17.3 Å². The van der Waals surface area contributed by atoms with Crippen molar-refractivity contribution < 1.29 is 18.1 Å². The Morgan fingerprint density at radius 1 is 0.836 bits per heavy atom. The Morgan fingerprint density at radius 3 is 1.73 bits per heavy atom. The highest BCUT2D eigenvalue weighted by atomic mass is 28.4. The second-order valence-electron chi connectivity index (χ2n) is 20.6. The van der Waals surface area contributed by atoms with Gasteiger partial charge in [0.15, 0.2) is 14.1 Å². The molecule has 0 heterocycles. The third kappa shape index (κ3) is 10.1. The molecule has 0 spiro atoms. The first-order valence-electron chi connectivity index (χ1n) is 21.3. The molecular formula is C48H80O4Si3. The van der Waals surface area contributed by atoms with E-state index in [-0.39, 0.29) is 33.3 Å². The van der Waals surface area contributed by atoms with Gasteiger partial charge in [0, 0.05) is 18.6 Å². The molecule has 0 aliphatic heterocycles. The third-order valence-corrected chi connectivity index (χ3v) is 29.5. The average molecular weight is 805 g/mol. The molecular weight excluding hydrogens is 725 g/mol. The zero-order valence-corrected chi connectivity index (χ0v) is 41.2. The second-order valence-corrected chi connectivity index (χ2v) is 35.1. The Kier molecular flexibility index (Phi) is 15.9. The zero-order valence-electron chi connectivity index (χ0n) is 38.2. The summed E-state index contributed by atoms with van der Waals surface area (Å²) in [4.78, 5) is 14.8. The molecule has 3 rings (SSSR count). The minimum Gasteiger partial charge on any atom is -0.416 e. The maximum Gasteiger partial charge on any atom is 0.261 e. The molecule has 55 heavy (non-hydrogen) atoms. The maximum atomic E-state index is 14.8. The van der Waals surface area contributed by atoms with E-state index in [1.807, 2.05) is 6.08 Å². The number of carbonyl (C=O) groups excluding carboxylic acids is 1. The summed E-state index contributed by atoms with van der Waals surface area (Å²) in [5.74, 6) is -0.0126. The summed E-state index contributed by atoms with van der Waals surface area (Å²) in [6, 6.07) is 21.7. The zero-order chi connectivity index (χ0) is 41.8. The van der Waals surface area contributed by atoms with Crippen LogP contribution in [0.1, 0.15) is 123 Å². The van der Waals surface area contributed by atoms with Crippen LogP contribution in [0.4, 0.5) is 0 Å². The van der Waals surface area contributed by atoms with Crippen molar-refractivity contribution in [3.63, 3.8) is 0 Å². The maximum absolute atomic E-state index is 14.8. The molecule has 1 aliphatic carbocycles. The van der Waals surface area contributed by atoms with Crippen LogP contribution in [0.3, 0.4) is 0 Å². The van der Waals surface area contributed by atoms with Crippen molar-refractivity contribution in [2.75, 3.05) is 13.2 Å². The molecule has 7 heteroatoms. The van der Waals surface area contributed by atoms with E-state index >= 15 is 0 Å². The quantitative estimate of drug-likeness (QED) is 0.0691. The number of benzene rings is 2. The van der Waals surface area contributed by atoms with E-state index < -0.39 is 30.9 Å². The minimum absolute atomic E-state index is 0.0779. The van der Waals surface area contributed by atoms with Crippen molar-refractivity contribution in [3.05, 3.63) is 84.5 Å². The largest absolute Gasteiger partial charge is 0.416 e. The first-order valence-corrected chi connectivity index (χ1v) is 28.2. The molecule has 4 atom stereocenters. The molecule has 0 saturated heterocycles. The van der Waals surface area contributed by atoms with Gasteiger partial charge in [0.1, 0.15) is 0 Å². The Hall–Kier alpha value is -1.88. The number of allylic oxidation sites excluding steroid dienone is 2. The van der Waals surface area contributed by atoms with Crippen LogP contribution in [0.5, 0.6) is 0 Å². The summed E-state index contributed by atoms with van der Waals surface area (Å²) in [6.07, 6.45) is 4.18. The standard InChI is InChI=1S/C48H80O4Si3/c1-35(2)54(36(3)4,37(5)6)52-44-33-39(8)48(16,34-51-53(17,18)46(10,11)12)40(9)45(44)43(49)32-38(7)26-25-31-50-55(47(13,14)15,41-27-21-19-22-28-41)42-29-23-20-24-30-42/h19-24,27-30,32,35-37,39,44-45H,9,25-26,31,33-34H2,1-8,10-18H3/b38-32+/t39-,44+,45-,48+/m1/s1. The Labute approximate surface area is 341 Å². The lowest BCUT2D eigenvalue weighted by atomic mass is 9.60. The highest BCUT2D eigenvalue weighted by Gasteiger charge is 2.55. The van der Waals surface area contributed by atoms with Crippen molar-refractivity contribution in [2.45, 2.75) is 169 Å². The molecule has 1 aliphatic rings. The van der Waals surface area contributed by atoms with Crippen LogP contribution in [-0.4, -0.2) is 50.1 Å². The third-order valence-electron chi connectivity index (χ3n) is 13.9. The van der Waals surface area contributed by atoms with Crippen LogP contribution in [0.25, 0.3) is 0 Å². The number of ketones is 1. The Morgan fingerprint density at radius 2 is 1.31 bits per heavy atom. The van der Waals surface area contributed by atoms with Crippen molar-refractivity contribution in [1.29, 1.82) is 0 Å². The molecule has 2 aromatic rings. The van der Waals surface area contributed by atoms with Gasteiger partial charge in [0.05, 0.1) is 12.0 Å². The topological polar surface area (TPSA) is 44.8 Å². The van der Waals surface area contributed by atoms with E-state index in [1.54, 1.807) is 0 Å². The highest BCUT2D eigenvalue weighted by molar-refractivity contribution is 6.99. The summed E-state index contributed by atoms with van der Waals surface area (Å²) >= 11 is 0. The lowest BCUT2D eigenvalue weighted by molar-refractivity contribution is -0.123. The van der Waals surface area contributed by atoms with Crippen LogP contribution >= 0.6 is 0 Å². The molecule has 0 N–H and O–H groups in total. The molecule has 4 nitrogen and oxygen atoms in total. The lowest BCUT2D eigenvalue weighted by Gasteiger charge is -2.53. The summed E-state index contributed by atoms with van der Waals surface area (Å²) in [7, 11) is -6.94. The molecule has 0 radical (unpaired) electrons. The average Bonchev–Trinajstić information content (AvgIpc) is 3.08. The summed E-state index contributed by atoms with van der Waals surface area (Å²) in [6.45, 7) is 45.2. The Bertz CT molecular complexity index is 1520. The molecule has 1 saturated carbocycles. The molecule has 308 valence electrons. The summed E-state index contributed by atoms with van der Waals surface area (Å²) < 4.78 is 21.7. The van der Waals surface area contributed by atoms with Crippen molar-refractivity contribution >= 4 is 41.1 Å². The van der Waals surface area contributed by atoms with Crippen LogP contribution in [-0.2, 0) is 18.1 Å². The van der Waals surface area contributed by atoms with Gasteiger partial charge in [-0.2, -0.15) is 0 Å². The second kappa shape index (κ2) is 18.4. The van der Waals surface area contributed by atoms with Gasteiger partial charge < -0.3 is 13.3 Å². The van der Waals surface area contributed by atoms with E-state index in [2.05, 4.69) is 178 Å². The van der Waals surface area contributed by atoms with Crippen LogP contribution in [0.2, 0.25) is 39.8 Å². The van der Waals surface area contributed by atoms with Gasteiger partial charge in [-0.25, -0.2) is 0 Å². The van der Waals surface area contributed by atoms with E-state index in [0.29, 0.717) is 29.8 Å². The fourth-order valence-electron chi connectivity index (χ4n) is 9.31. The minimum atomic E-state index is -2.63. The highest BCUT2D eigenvalue weighted by Crippen LogP contribution is 2.53. The van der Waals surface area contributed by atoms with Crippen molar-refractivity contribution in [1.82, 2.24) is 0 Å². The number of rotatable bonds is 17. The fraction of sp³-hybridized carbons (Fsp3) is 0.646. The summed E-state index contributed by atoms with van der Waals surface area (Å²) in [5.41, 5.74) is 3.01. The van der Waals surface area contributed by atoms with Gasteiger partial charge in [-0.3, -0.25) is 4.79 Å². The molecule has 0 amide bonds. The normalized spacial score (nSPS) is 22.2. The molecule has 0 aromatic heterocycles. The number of hydrogen-bond acceptors (Lipinski definition) is 4. The Balaban J connectivity index is 1.95. The van der Waals surface area contributed by atoms with E-state index in [1.165, 1.54) is 10.4 Å². The van der Waals surface area contributed by atoms with Crippen molar-refractivity contribution in [2.24, 2.45) is 17.3 Å². The molecule has 2 aromatic carbocycles. The van der Waals surface area contributed by atoms with Crippen molar-refractivity contribution in [3.8, 4) is 0 Å². The smallest absolute Gasteiger partial charge is 0.261 e. The number of hydrogen-bond donors (Lipinski definition) is 0. The van der Waals surface area contributed by atoms with Crippen LogP contribution in [0.15, 0.2) is 84.5 Å². The van der Waals surface area contributed by atoms with Gasteiger partial charge in [-0.15, -0.1) is 0 Å². The van der Waals surface area contributed by atoms with E-state index in [9.17, 15) is 4.79 Å². The van der Waals surface area contributed by atoms with Gasteiger partial charge in [-0.05, 0) is 88.3 Å². The monoisotopic (exact) mass is 805 g/mol. The predicted octanol–water partition coefficient (Wildman–Crippen LogP) is 12.7. The van der Waals surface area contributed by atoms with Gasteiger partial charge in [0.25, 0.3) is 8.32 Å². The fourth-order valence-corrected chi connectivity index (χ4v) is 20.6. The molecule has 0 unspecified atom stereocenters.